The Hall–Kier alpha value is -1.50. The van der Waals surface area contributed by atoms with Crippen LogP contribution in [-0.2, 0) is 16.4 Å². The van der Waals surface area contributed by atoms with E-state index in [1.807, 2.05) is 0 Å². The lowest BCUT2D eigenvalue weighted by Gasteiger charge is -2.07. The number of nitrogens with zero attached hydrogens (tertiary/aromatic N) is 1. The van der Waals surface area contributed by atoms with Crippen molar-refractivity contribution in [3.8, 4) is 0 Å². The molecule has 1 aromatic carbocycles. The lowest BCUT2D eigenvalue weighted by Crippen LogP contribution is -2.26. The largest absolute Gasteiger partial charge is 0.244 e. The van der Waals surface area contributed by atoms with Crippen molar-refractivity contribution in [1.29, 1.82) is 0 Å². The highest BCUT2D eigenvalue weighted by atomic mass is 35.5. The van der Waals surface area contributed by atoms with Crippen LogP contribution in [-0.4, -0.2) is 19.9 Å². The summed E-state index contributed by atoms with van der Waals surface area (Å²) >= 11 is 5.65. The van der Waals surface area contributed by atoms with Gasteiger partial charge in [-0.3, -0.25) is 0 Å². The van der Waals surface area contributed by atoms with Gasteiger partial charge in [0.05, 0.1) is 4.90 Å². The highest BCUT2D eigenvalue weighted by Crippen LogP contribution is 2.13. The molecular weight excluding hydrogens is 303 g/mol. The second-order valence-corrected chi connectivity index (χ2v) is 6.21. The third-order valence-corrected chi connectivity index (χ3v) is 4.32. The molecule has 0 unspecified atom stereocenters. The summed E-state index contributed by atoms with van der Waals surface area (Å²) in [6, 6.07) is 8.85. The molecule has 106 valence electrons. The monoisotopic (exact) mass is 314 g/mol. The second kappa shape index (κ2) is 6.30. The van der Waals surface area contributed by atoms with Crippen molar-refractivity contribution < 1.29 is 12.8 Å². The van der Waals surface area contributed by atoms with Crippen LogP contribution in [0.25, 0.3) is 0 Å². The number of hydrogen-bond donors (Lipinski definition) is 1. The van der Waals surface area contributed by atoms with Crippen LogP contribution < -0.4 is 4.72 Å². The first-order valence-corrected chi connectivity index (χ1v) is 7.70. The molecular formula is C13H12ClFN2O2S. The fourth-order valence-corrected chi connectivity index (χ4v) is 2.94. The van der Waals surface area contributed by atoms with Crippen LogP contribution in [0.1, 0.15) is 5.56 Å². The van der Waals surface area contributed by atoms with Crippen LogP contribution in [0.2, 0.25) is 5.15 Å². The minimum absolute atomic E-state index is 0.0334. The minimum Gasteiger partial charge on any atom is -0.244 e. The first-order chi connectivity index (χ1) is 9.49. The molecule has 0 bridgehead atoms. The van der Waals surface area contributed by atoms with Crippen LogP contribution >= 0.6 is 11.6 Å². The van der Waals surface area contributed by atoms with E-state index in [9.17, 15) is 12.8 Å². The van der Waals surface area contributed by atoms with Gasteiger partial charge in [-0.2, -0.15) is 0 Å². The Bertz CT molecular complexity index is 707. The van der Waals surface area contributed by atoms with E-state index >= 15 is 0 Å². The number of pyridine rings is 1. The number of hydrogen-bond acceptors (Lipinski definition) is 3. The molecule has 0 saturated carbocycles. The Morgan fingerprint density at radius 3 is 2.70 bits per heavy atom. The van der Waals surface area contributed by atoms with Gasteiger partial charge in [0, 0.05) is 12.7 Å². The molecule has 0 aliphatic rings. The van der Waals surface area contributed by atoms with Crippen LogP contribution in [0, 0.1) is 5.82 Å². The highest BCUT2D eigenvalue weighted by molar-refractivity contribution is 7.89. The highest BCUT2D eigenvalue weighted by Gasteiger charge is 2.14. The van der Waals surface area contributed by atoms with E-state index < -0.39 is 10.0 Å². The molecule has 4 nitrogen and oxygen atoms in total. The second-order valence-electron chi connectivity index (χ2n) is 4.05. The van der Waals surface area contributed by atoms with Gasteiger partial charge >= 0.3 is 0 Å². The number of rotatable bonds is 5. The maximum Gasteiger partial charge on any atom is 0.240 e. The van der Waals surface area contributed by atoms with Crippen LogP contribution in [0.15, 0.2) is 47.5 Å². The van der Waals surface area contributed by atoms with E-state index in [2.05, 4.69) is 9.71 Å². The average molecular weight is 315 g/mol. The average Bonchev–Trinajstić information content (AvgIpc) is 2.41. The first-order valence-electron chi connectivity index (χ1n) is 5.84. The Morgan fingerprint density at radius 2 is 2.00 bits per heavy atom. The number of aromatic nitrogens is 1. The Labute approximate surface area is 121 Å². The zero-order valence-corrected chi connectivity index (χ0v) is 12.0. The molecule has 0 aliphatic heterocycles. The van der Waals surface area contributed by atoms with Gasteiger partial charge < -0.3 is 0 Å². The number of halogens is 2. The van der Waals surface area contributed by atoms with Crippen molar-refractivity contribution in [3.63, 3.8) is 0 Å². The van der Waals surface area contributed by atoms with Crippen molar-refractivity contribution >= 4 is 21.6 Å². The van der Waals surface area contributed by atoms with Crippen molar-refractivity contribution in [2.45, 2.75) is 11.3 Å². The van der Waals surface area contributed by atoms with Gasteiger partial charge in [0.15, 0.2) is 0 Å². The molecule has 0 aliphatic carbocycles. The molecule has 0 radical (unpaired) electrons. The van der Waals surface area contributed by atoms with Crippen molar-refractivity contribution in [2.75, 3.05) is 6.54 Å². The molecule has 2 rings (SSSR count). The lowest BCUT2D eigenvalue weighted by molar-refractivity contribution is 0.577. The van der Waals surface area contributed by atoms with E-state index in [-0.39, 0.29) is 28.8 Å². The van der Waals surface area contributed by atoms with Crippen molar-refractivity contribution in [3.05, 3.63) is 59.1 Å². The fourth-order valence-electron chi connectivity index (χ4n) is 1.66. The molecule has 0 saturated heterocycles. The maximum atomic E-state index is 13.4. The summed E-state index contributed by atoms with van der Waals surface area (Å²) in [5.41, 5.74) is 0.461. The van der Waals surface area contributed by atoms with Gasteiger partial charge in [-0.25, -0.2) is 22.5 Å². The number of benzene rings is 1. The quantitative estimate of drug-likeness (QED) is 0.862. The van der Waals surface area contributed by atoms with Gasteiger partial charge in [0.25, 0.3) is 0 Å². The van der Waals surface area contributed by atoms with Gasteiger partial charge in [-0.1, -0.05) is 29.8 Å². The zero-order valence-electron chi connectivity index (χ0n) is 10.4. The summed E-state index contributed by atoms with van der Waals surface area (Å²) in [5.74, 6) is -0.348. The Morgan fingerprint density at radius 1 is 1.25 bits per heavy atom. The van der Waals surface area contributed by atoms with Crippen LogP contribution in [0.4, 0.5) is 4.39 Å². The van der Waals surface area contributed by atoms with Crippen LogP contribution in [0.5, 0.6) is 0 Å². The van der Waals surface area contributed by atoms with E-state index in [0.29, 0.717) is 5.56 Å². The summed E-state index contributed by atoms with van der Waals surface area (Å²) in [6.07, 6.45) is 1.58. The predicted octanol–water partition coefficient (Wildman–Crippen LogP) is 2.40. The normalized spacial score (nSPS) is 11.5. The molecule has 1 aromatic heterocycles. The molecule has 2 aromatic rings. The van der Waals surface area contributed by atoms with Crippen molar-refractivity contribution in [2.24, 2.45) is 0 Å². The molecule has 7 heteroatoms. The van der Waals surface area contributed by atoms with Gasteiger partial charge in [-0.15, -0.1) is 0 Å². The summed E-state index contributed by atoms with van der Waals surface area (Å²) in [5, 5.41) is 0.0991. The predicted molar refractivity (Wildman–Crippen MR) is 74.5 cm³/mol. The number of nitrogens with one attached hydrogen (secondary N) is 1. The SMILES string of the molecule is O=S(=O)(NCCc1ccccc1F)c1ccnc(Cl)c1. The van der Waals surface area contributed by atoms with Crippen LogP contribution in [0.3, 0.4) is 0 Å². The van der Waals surface area contributed by atoms with Gasteiger partial charge in [-0.05, 0) is 30.2 Å². The Kier molecular flexibility index (Phi) is 4.69. The smallest absolute Gasteiger partial charge is 0.240 e. The molecule has 0 atom stereocenters. The summed E-state index contributed by atoms with van der Waals surface area (Å²) in [4.78, 5) is 3.75. The molecule has 0 fully saturated rings. The molecule has 20 heavy (non-hydrogen) atoms. The van der Waals surface area contributed by atoms with E-state index in [1.54, 1.807) is 18.2 Å². The summed E-state index contributed by atoms with van der Waals surface area (Å²) in [7, 11) is -3.66. The van der Waals surface area contributed by atoms with E-state index in [0.717, 1.165) is 0 Å². The first kappa shape index (κ1) is 14.9. The van der Waals surface area contributed by atoms with E-state index in [1.165, 1.54) is 24.4 Å². The third kappa shape index (κ3) is 3.75. The summed E-state index contributed by atoms with van der Waals surface area (Å²) < 4.78 is 39.7. The van der Waals surface area contributed by atoms with Crippen molar-refractivity contribution in [1.82, 2.24) is 9.71 Å². The minimum atomic E-state index is -3.66. The lowest BCUT2D eigenvalue weighted by atomic mass is 10.1. The molecule has 0 amide bonds. The molecule has 1 N–H and O–H groups in total. The summed E-state index contributed by atoms with van der Waals surface area (Å²) in [6.45, 7) is 0.100. The standard InChI is InChI=1S/C13H12ClFN2O2S/c14-13-9-11(6-7-16-13)20(18,19)17-8-5-10-3-1-2-4-12(10)15/h1-4,6-7,9,17H,5,8H2. The fraction of sp³-hybridized carbons (Fsp3) is 0.154. The maximum absolute atomic E-state index is 13.4. The van der Waals surface area contributed by atoms with Gasteiger partial charge in [0.2, 0.25) is 10.0 Å². The topological polar surface area (TPSA) is 59.1 Å². The third-order valence-electron chi connectivity index (χ3n) is 2.65. The van der Waals surface area contributed by atoms with Gasteiger partial charge in [0.1, 0.15) is 11.0 Å². The Balaban J connectivity index is 2.02. The molecule has 0 spiro atoms. The molecule has 1 heterocycles. The number of sulfonamides is 1. The zero-order chi connectivity index (χ0) is 14.6. The van der Waals surface area contributed by atoms with E-state index in [4.69, 9.17) is 11.6 Å².